The lowest BCUT2D eigenvalue weighted by molar-refractivity contribution is 0.548. The zero-order valence-electron chi connectivity index (χ0n) is 12.5. The number of halogens is 2. The molecule has 2 rings (SSSR count). The summed E-state index contributed by atoms with van der Waals surface area (Å²) >= 11 is 12.1. The van der Waals surface area contributed by atoms with Gasteiger partial charge in [0.1, 0.15) is 0 Å². The fourth-order valence-electron chi connectivity index (χ4n) is 2.03. The molecule has 0 aliphatic carbocycles. The summed E-state index contributed by atoms with van der Waals surface area (Å²) in [4.78, 5) is 9.07. The number of aromatic nitrogens is 2. The molecule has 2 aromatic rings. The highest BCUT2D eigenvalue weighted by Crippen LogP contribution is 2.25. The minimum atomic E-state index is 0.585. The lowest BCUT2D eigenvalue weighted by atomic mass is 10.2. The second kappa shape index (κ2) is 7.21. The van der Waals surface area contributed by atoms with Crippen molar-refractivity contribution in [1.82, 2.24) is 15.3 Å². The van der Waals surface area contributed by atoms with E-state index >= 15 is 0 Å². The van der Waals surface area contributed by atoms with E-state index in [1.54, 1.807) is 6.07 Å². The highest BCUT2D eigenvalue weighted by atomic mass is 35.5. The maximum absolute atomic E-state index is 6.05. The first-order valence-electron chi connectivity index (χ1n) is 6.96. The summed E-state index contributed by atoms with van der Waals surface area (Å²) in [5.41, 5.74) is 2.73. The average Bonchev–Trinajstić information content (AvgIpc) is 2.36. The molecule has 1 N–H and O–H groups in total. The molecule has 5 heteroatoms. The number of rotatable bonds is 5. The van der Waals surface area contributed by atoms with Gasteiger partial charge in [-0.3, -0.25) is 0 Å². The van der Waals surface area contributed by atoms with Gasteiger partial charge in [-0.15, -0.1) is 0 Å². The van der Waals surface area contributed by atoms with Crippen molar-refractivity contribution in [3.8, 4) is 11.4 Å². The average molecular weight is 324 g/mol. The summed E-state index contributed by atoms with van der Waals surface area (Å²) in [6.45, 7) is 8.00. The van der Waals surface area contributed by atoms with Crippen LogP contribution in [0.2, 0.25) is 10.0 Å². The predicted molar refractivity (Wildman–Crippen MR) is 88.8 cm³/mol. The van der Waals surface area contributed by atoms with E-state index < -0.39 is 0 Å². The van der Waals surface area contributed by atoms with Crippen LogP contribution in [-0.2, 0) is 6.54 Å². The Hall–Kier alpha value is -1.16. The van der Waals surface area contributed by atoms with Gasteiger partial charge in [0.15, 0.2) is 5.82 Å². The van der Waals surface area contributed by atoms with E-state index in [0.717, 1.165) is 30.0 Å². The molecule has 0 aliphatic rings. The third-order valence-corrected chi connectivity index (χ3v) is 3.32. The molecule has 0 saturated heterocycles. The monoisotopic (exact) mass is 323 g/mol. The maximum atomic E-state index is 6.05. The number of nitrogens with zero attached hydrogens (tertiary/aromatic N) is 2. The van der Waals surface area contributed by atoms with E-state index in [0.29, 0.717) is 21.8 Å². The summed E-state index contributed by atoms with van der Waals surface area (Å²) in [5, 5.41) is 4.56. The van der Waals surface area contributed by atoms with Crippen molar-refractivity contribution >= 4 is 23.2 Å². The summed E-state index contributed by atoms with van der Waals surface area (Å²) in [5.74, 6) is 1.26. The van der Waals surface area contributed by atoms with Gasteiger partial charge in [0.2, 0.25) is 0 Å². The van der Waals surface area contributed by atoms with Crippen molar-refractivity contribution in [2.45, 2.75) is 27.3 Å². The van der Waals surface area contributed by atoms with E-state index in [4.69, 9.17) is 23.2 Å². The van der Waals surface area contributed by atoms with Crippen LogP contribution in [0.25, 0.3) is 11.4 Å². The van der Waals surface area contributed by atoms with Crippen molar-refractivity contribution < 1.29 is 0 Å². The van der Waals surface area contributed by atoms with E-state index in [1.165, 1.54) is 0 Å². The predicted octanol–water partition coefficient (Wildman–Crippen LogP) is 4.50. The Morgan fingerprint density at radius 2 is 1.71 bits per heavy atom. The van der Waals surface area contributed by atoms with Gasteiger partial charge in [-0.05, 0) is 43.7 Å². The minimum absolute atomic E-state index is 0.585. The molecule has 0 radical (unpaired) electrons. The van der Waals surface area contributed by atoms with Gasteiger partial charge in [0, 0.05) is 27.8 Å². The summed E-state index contributed by atoms with van der Waals surface area (Å²) in [7, 11) is 0. The topological polar surface area (TPSA) is 37.8 Å². The van der Waals surface area contributed by atoms with Gasteiger partial charge in [-0.25, -0.2) is 9.97 Å². The van der Waals surface area contributed by atoms with Crippen LogP contribution in [-0.4, -0.2) is 16.5 Å². The number of nitrogens with one attached hydrogen (secondary N) is 1. The second-order valence-electron chi connectivity index (χ2n) is 5.51. The third kappa shape index (κ3) is 4.95. The molecule has 0 spiro atoms. The lowest BCUT2D eigenvalue weighted by Gasteiger charge is -2.09. The van der Waals surface area contributed by atoms with Gasteiger partial charge in [0.25, 0.3) is 0 Å². The smallest absolute Gasteiger partial charge is 0.159 e. The molecule has 0 fully saturated rings. The van der Waals surface area contributed by atoms with Crippen LogP contribution >= 0.6 is 23.2 Å². The van der Waals surface area contributed by atoms with Crippen molar-refractivity contribution in [2.75, 3.05) is 6.54 Å². The van der Waals surface area contributed by atoms with Crippen LogP contribution in [0.5, 0.6) is 0 Å². The fourth-order valence-corrected chi connectivity index (χ4v) is 2.55. The number of hydrogen-bond donors (Lipinski definition) is 1. The number of hydrogen-bond acceptors (Lipinski definition) is 3. The molecule has 21 heavy (non-hydrogen) atoms. The Kier molecular flexibility index (Phi) is 5.57. The van der Waals surface area contributed by atoms with Gasteiger partial charge in [-0.1, -0.05) is 37.0 Å². The molecule has 0 aliphatic heterocycles. The van der Waals surface area contributed by atoms with Crippen LogP contribution in [0.15, 0.2) is 24.3 Å². The molecule has 0 amide bonds. The molecule has 1 aromatic heterocycles. The Balaban J connectivity index is 2.25. The molecular formula is C16H19Cl2N3. The quantitative estimate of drug-likeness (QED) is 0.880. The number of benzene rings is 1. The van der Waals surface area contributed by atoms with E-state index in [-0.39, 0.29) is 0 Å². The summed E-state index contributed by atoms with van der Waals surface area (Å²) < 4.78 is 0. The molecule has 0 bridgehead atoms. The first-order chi connectivity index (χ1) is 9.94. The van der Waals surface area contributed by atoms with Crippen molar-refractivity contribution in [3.05, 3.63) is 45.7 Å². The SMILES string of the molecule is Cc1cc(CNCC(C)C)nc(-c2cc(Cl)cc(Cl)c2)n1. The van der Waals surface area contributed by atoms with Crippen LogP contribution in [0.4, 0.5) is 0 Å². The summed E-state index contributed by atoms with van der Waals surface area (Å²) in [6, 6.07) is 7.34. The lowest BCUT2D eigenvalue weighted by Crippen LogP contribution is -2.20. The normalized spacial score (nSPS) is 11.1. The largest absolute Gasteiger partial charge is 0.311 e. The molecule has 1 heterocycles. The van der Waals surface area contributed by atoms with E-state index in [9.17, 15) is 0 Å². The zero-order chi connectivity index (χ0) is 15.4. The standard InChI is InChI=1S/C16H19Cl2N3/c1-10(2)8-19-9-15-4-11(3)20-16(21-15)12-5-13(17)7-14(18)6-12/h4-7,10,19H,8-9H2,1-3H3. The first kappa shape index (κ1) is 16.2. The molecule has 112 valence electrons. The van der Waals surface area contributed by atoms with Gasteiger partial charge in [0.05, 0.1) is 5.69 Å². The Morgan fingerprint density at radius 3 is 2.33 bits per heavy atom. The van der Waals surface area contributed by atoms with Gasteiger partial charge in [-0.2, -0.15) is 0 Å². The molecule has 0 unspecified atom stereocenters. The molecule has 3 nitrogen and oxygen atoms in total. The maximum Gasteiger partial charge on any atom is 0.159 e. The Bertz CT molecular complexity index is 607. The second-order valence-corrected chi connectivity index (χ2v) is 6.38. The molecule has 1 aromatic carbocycles. The Labute approximate surface area is 135 Å². The molecule has 0 saturated carbocycles. The van der Waals surface area contributed by atoms with Gasteiger partial charge < -0.3 is 5.32 Å². The van der Waals surface area contributed by atoms with Crippen LogP contribution in [0, 0.1) is 12.8 Å². The Morgan fingerprint density at radius 1 is 1.05 bits per heavy atom. The van der Waals surface area contributed by atoms with Crippen molar-refractivity contribution in [1.29, 1.82) is 0 Å². The highest BCUT2D eigenvalue weighted by Gasteiger charge is 2.07. The van der Waals surface area contributed by atoms with Gasteiger partial charge >= 0.3 is 0 Å². The minimum Gasteiger partial charge on any atom is -0.311 e. The molecule has 0 atom stereocenters. The van der Waals surface area contributed by atoms with Crippen molar-refractivity contribution in [3.63, 3.8) is 0 Å². The van der Waals surface area contributed by atoms with E-state index in [1.807, 2.05) is 25.1 Å². The number of aryl methyl sites for hydroxylation is 1. The fraction of sp³-hybridized carbons (Fsp3) is 0.375. The van der Waals surface area contributed by atoms with Crippen LogP contribution in [0.1, 0.15) is 25.2 Å². The zero-order valence-corrected chi connectivity index (χ0v) is 14.0. The van der Waals surface area contributed by atoms with Crippen molar-refractivity contribution in [2.24, 2.45) is 5.92 Å². The van der Waals surface area contributed by atoms with Crippen LogP contribution in [0.3, 0.4) is 0 Å². The molecular weight excluding hydrogens is 305 g/mol. The van der Waals surface area contributed by atoms with Crippen LogP contribution < -0.4 is 5.32 Å². The third-order valence-electron chi connectivity index (χ3n) is 2.89. The van der Waals surface area contributed by atoms with E-state index in [2.05, 4.69) is 29.1 Å². The first-order valence-corrected chi connectivity index (χ1v) is 7.71. The highest BCUT2D eigenvalue weighted by molar-refractivity contribution is 6.35. The summed E-state index contributed by atoms with van der Waals surface area (Å²) in [6.07, 6.45) is 0.